The Kier molecular flexibility index (Phi) is 4.33. The minimum absolute atomic E-state index is 0.0548. The van der Waals surface area contributed by atoms with Gasteiger partial charge in [-0.3, -0.25) is 9.59 Å². The largest absolute Gasteiger partial charge is 0.429 e. The molecule has 1 N–H and O–H groups in total. The van der Waals surface area contributed by atoms with Crippen molar-refractivity contribution in [2.24, 2.45) is 5.41 Å². The Hall–Kier alpha value is -2.20. The zero-order valence-electron chi connectivity index (χ0n) is 13.0. The van der Waals surface area contributed by atoms with E-state index in [1.54, 1.807) is 51.1 Å². The number of carbonyl (C=O) groups excluding carboxylic acids is 2. The Morgan fingerprint density at radius 2 is 1.82 bits per heavy atom. The van der Waals surface area contributed by atoms with Crippen molar-refractivity contribution in [1.82, 2.24) is 0 Å². The number of carbonyl (C=O) groups is 2. The van der Waals surface area contributed by atoms with Gasteiger partial charge in [0, 0.05) is 17.6 Å². The van der Waals surface area contributed by atoms with E-state index in [1.165, 1.54) is 12.2 Å². The third-order valence-corrected chi connectivity index (χ3v) is 3.32. The zero-order valence-corrected chi connectivity index (χ0v) is 13.0. The predicted octanol–water partition coefficient (Wildman–Crippen LogP) is 3.03. The monoisotopic (exact) mass is 300 g/mol. The molecule has 2 rings (SSSR count). The predicted molar refractivity (Wildman–Crippen MR) is 83.1 cm³/mol. The van der Waals surface area contributed by atoms with Gasteiger partial charge in [-0.25, -0.2) is 0 Å². The molecule has 0 aromatic heterocycles. The van der Waals surface area contributed by atoms with Crippen molar-refractivity contribution in [3.05, 3.63) is 59.7 Å². The zero-order chi connectivity index (χ0) is 16.4. The average molecular weight is 300 g/mol. The van der Waals surface area contributed by atoms with Crippen LogP contribution in [-0.2, 0) is 9.53 Å². The van der Waals surface area contributed by atoms with Crippen LogP contribution in [0.3, 0.4) is 0 Å². The fourth-order valence-corrected chi connectivity index (χ4v) is 1.93. The van der Waals surface area contributed by atoms with Crippen molar-refractivity contribution >= 4 is 11.8 Å². The molecular weight excluding hydrogens is 280 g/mol. The van der Waals surface area contributed by atoms with Crippen LogP contribution in [0.1, 0.15) is 37.6 Å². The molecule has 22 heavy (non-hydrogen) atoms. The van der Waals surface area contributed by atoms with Gasteiger partial charge in [0.05, 0.1) is 5.41 Å². The van der Waals surface area contributed by atoms with E-state index in [9.17, 15) is 14.7 Å². The first kappa shape index (κ1) is 16.2. The van der Waals surface area contributed by atoms with Gasteiger partial charge < -0.3 is 9.84 Å². The van der Waals surface area contributed by atoms with Crippen LogP contribution in [0.4, 0.5) is 0 Å². The molecule has 0 amide bonds. The molecule has 1 aromatic carbocycles. The fraction of sp³-hybridized carbons (Fsp3) is 0.333. The highest BCUT2D eigenvalue weighted by Gasteiger charge is 2.35. The molecule has 0 bridgehead atoms. The van der Waals surface area contributed by atoms with Crippen molar-refractivity contribution in [3.63, 3.8) is 0 Å². The number of allylic oxidation sites excluding steroid dienone is 2. The van der Waals surface area contributed by atoms with Crippen LogP contribution >= 0.6 is 0 Å². The number of benzene rings is 1. The molecule has 1 aromatic rings. The highest BCUT2D eigenvalue weighted by Crippen LogP contribution is 2.27. The molecule has 1 aliphatic carbocycles. The Morgan fingerprint density at radius 3 is 2.32 bits per heavy atom. The van der Waals surface area contributed by atoms with E-state index in [2.05, 4.69) is 0 Å². The van der Waals surface area contributed by atoms with Crippen molar-refractivity contribution in [2.75, 3.05) is 0 Å². The molecular formula is C18H20O4. The SMILES string of the molecule is CC(C)(C)C(=O)OC1(O)C=CC(C(=O)c2ccccc2)=CC1. The summed E-state index contributed by atoms with van der Waals surface area (Å²) in [6.07, 6.45) is 4.49. The number of ketones is 1. The van der Waals surface area contributed by atoms with Gasteiger partial charge in [0.15, 0.2) is 5.78 Å². The maximum Gasteiger partial charge on any atom is 0.313 e. The van der Waals surface area contributed by atoms with Gasteiger partial charge in [-0.1, -0.05) is 36.4 Å². The van der Waals surface area contributed by atoms with E-state index >= 15 is 0 Å². The number of rotatable bonds is 3. The fourth-order valence-electron chi connectivity index (χ4n) is 1.93. The lowest BCUT2D eigenvalue weighted by molar-refractivity contribution is -0.198. The van der Waals surface area contributed by atoms with Crippen molar-refractivity contribution in [2.45, 2.75) is 33.0 Å². The Balaban J connectivity index is 2.08. The van der Waals surface area contributed by atoms with Crippen LogP contribution < -0.4 is 0 Å². The van der Waals surface area contributed by atoms with Gasteiger partial charge in [0.2, 0.25) is 5.79 Å². The second-order valence-electron chi connectivity index (χ2n) is 6.38. The van der Waals surface area contributed by atoms with Gasteiger partial charge >= 0.3 is 5.97 Å². The molecule has 4 nitrogen and oxygen atoms in total. The average Bonchev–Trinajstić information content (AvgIpc) is 2.47. The normalized spacial score (nSPS) is 21.2. The summed E-state index contributed by atoms with van der Waals surface area (Å²) in [4.78, 5) is 24.2. The summed E-state index contributed by atoms with van der Waals surface area (Å²) in [7, 11) is 0. The molecule has 0 saturated carbocycles. The second-order valence-corrected chi connectivity index (χ2v) is 6.38. The summed E-state index contributed by atoms with van der Waals surface area (Å²) in [5.74, 6) is -2.31. The van der Waals surface area contributed by atoms with Crippen LogP contribution in [0.2, 0.25) is 0 Å². The molecule has 0 spiro atoms. The second kappa shape index (κ2) is 5.89. The summed E-state index contributed by atoms with van der Waals surface area (Å²) in [5.41, 5.74) is 0.353. The molecule has 0 aliphatic heterocycles. The van der Waals surface area contributed by atoms with Gasteiger partial charge in [-0.2, -0.15) is 0 Å². The minimum atomic E-state index is -1.69. The molecule has 0 radical (unpaired) electrons. The van der Waals surface area contributed by atoms with E-state index in [0.717, 1.165) is 0 Å². The summed E-state index contributed by atoms with van der Waals surface area (Å²) in [5, 5.41) is 10.3. The number of hydrogen-bond acceptors (Lipinski definition) is 4. The molecule has 116 valence electrons. The first-order valence-electron chi connectivity index (χ1n) is 7.16. The summed E-state index contributed by atoms with van der Waals surface area (Å²) >= 11 is 0. The first-order valence-corrected chi connectivity index (χ1v) is 7.16. The highest BCUT2D eigenvalue weighted by atomic mass is 16.7. The maximum atomic E-state index is 12.3. The van der Waals surface area contributed by atoms with Crippen molar-refractivity contribution in [3.8, 4) is 0 Å². The van der Waals surface area contributed by atoms with Crippen molar-refractivity contribution < 1.29 is 19.4 Å². The summed E-state index contributed by atoms with van der Waals surface area (Å²) < 4.78 is 5.15. The summed E-state index contributed by atoms with van der Waals surface area (Å²) in [6.45, 7) is 5.14. The van der Waals surface area contributed by atoms with E-state index in [1.807, 2.05) is 6.07 Å². The Morgan fingerprint density at radius 1 is 1.18 bits per heavy atom. The molecule has 0 saturated heterocycles. The van der Waals surface area contributed by atoms with E-state index < -0.39 is 17.2 Å². The van der Waals surface area contributed by atoms with Crippen LogP contribution in [0.15, 0.2) is 54.1 Å². The maximum absolute atomic E-state index is 12.3. The lowest BCUT2D eigenvalue weighted by Gasteiger charge is -2.29. The lowest BCUT2D eigenvalue weighted by atomic mass is 9.94. The first-order chi connectivity index (χ1) is 10.2. The summed E-state index contributed by atoms with van der Waals surface area (Å²) in [6, 6.07) is 8.89. The van der Waals surface area contributed by atoms with Gasteiger partial charge in [-0.05, 0) is 32.9 Å². The van der Waals surface area contributed by atoms with Gasteiger partial charge in [-0.15, -0.1) is 0 Å². The molecule has 4 heteroatoms. The minimum Gasteiger partial charge on any atom is -0.429 e. The third kappa shape index (κ3) is 3.71. The number of ether oxygens (including phenoxy) is 1. The molecule has 1 atom stereocenters. The lowest BCUT2D eigenvalue weighted by Crippen LogP contribution is -2.38. The van der Waals surface area contributed by atoms with Gasteiger partial charge in [0.1, 0.15) is 0 Å². The molecule has 0 fully saturated rings. The van der Waals surface area contributed by atoms with Crippen LogP contribution in [-0.4, -0.2) is 22.6 Å². The topological polar surface area (TPSA) is 63.6 Å². The number of esters is 1. The van der Waals surface area contributed by atoms with Gasteiger partial charge in [0.25, 0.3) is 0 Å². The molecule has 1 aliphatic rings. The highest BCUT2D eigenvalue weighted by molar-refractivity contribution is 6.10. The quantitative estimate of drug-likeness (QED) is 0.529. The van der Waals surface area contributed by atoms with Crippen molar-refractivity contribution in [1.29, 1.82) is 0 Å². The third-order valence-electron chi connectivity index (χ3n) is 3.32. The standard InChI is InChI=1S/C18H20O4/c1-17(2,3)16(20)22-18(21)11-9-14(10-12-18)15(19)13-7-5-4-6-8-13/h4-11,21H,12H2,1-3H3. The number of hydrogen-bond donors (Lipinski definition) is 1. The van der Waals surface area contributed by atoms with E-state index in [0.29, 0.717) is 11.1 Å². The van der Waals surface area contributed by atoms with E-state index in [4.69, 9.17) is 4.74 Å². The van der Waals surface area contributed by atoms with E-state index in [-0.39, 0.29) is 12.2 Å². The molecule has 1 unspecified atom stereocenters. The number of Topliss-reactive ketones (excluding diaryl/α,β-unsaturated/α-hetero) is 1. The van der Waals surface area contributed by atoms with Crippen LogP contribution in [0.25, 0.3) is 0 Å². The Bertz CT molecular complexity index is 635. The Labute approximate surface area is 130 Å². The number of aliphatic hydroxyl groups is 1. The van der Waals surface area contributed by atoms with Crippen LogP contribution in [0, 0.1) is 5.41 Å². The molecule has 0 heterocycles. The smallest absolute Gasteiger partial charge is 0.313 e. The van der Waals surface area contributed by atoms with Crippen LogP contribution in [0.5, 0.6) is 0 Å².